The number of aromatic nitrogens is 4. The zero-order chi connectivity index (χ0) is 25.1. The Morgan fingerprint density at radius 1 is 1.14 bits per heavy atom. The van der Waals surface area contributed by atoms with Gasteiger partial charge in [-0.15, -0.1) is 0 Å². The highest BCUT2D eigenvalue weighted by Crippen LogP contribution is 2.56. The lowest BCUT2D eigenvalue weighted by atomic mass is 9.57. The summed E-state index contributed by atoms with van der Waals surface area (Å²) in [6.07, 6.45) is 9.05. The Morgan fingerprint density at radius 2 is 1.89 bits per heavy atom. The maximum atomic E-state index is 14.1. The van der Waals surface area contributed by atoms with Crippen molar-refractivity contribution in [3.8, 4) is 0 Å². The third kappa shape index (κ3) is 3.57. The van der Waals surface area contributed by atoms with E-state index in [4.69, 9.17) is 21.1 Å². The molecule has 0 N–H and O–H groups in total. The first-order valence-corrected chi connectivity index (χ1v) is 13.7. The van der Waals surface area contributed by atoms with Crippen LogP contribution in [0.3, 0.4) is 0 Å². The first kappa shape index (κ1) is 24.4. The maximum absolute atomic E-state index is 14.1. The van der Waals surface area contributed by atoms with Crippen molar-refractivity contribution in [2.24, 2.45) is 11.3 Å². The van der Waals surface area contributed by atoms with Crippen LogP contribution >= 0.6 is 11.6 Å². The lowest BCUT2D eigenvalue weighted by Gasteiger charge is -2.51. The summed E-state index contributed by atoms with van der Waals surface area (Å²) >= 11 is 6.44. The van der Waals surface area contributed by atoms with Crippen LogP contribution in [0.15, 0.2) is 6.20 Å². The highest BCUT2D eigenvalue weighted by Gasteiger charge is 2.63. The second-order valence-corrected chi connectivity index (χ2v) is 11.4. The number of hydrogen-bond donors (Lipinski definition) is 0. The molecule has 194 valence electrons. The van der Waals surface area contributed by atoms with Crippen molar-refractivity contribution in [2.45, 2.75) is 82.6 Å². The van der Waals surface area contributed by atoms with Crippen LogP contribution in [-0.4, -0.2) is 74.8 Å². The van der Waals surface area contributed by atoms with Crippen molar-refractivity contribution >= 4 is 34.2 Å². The van der Waals surface area contributed by atoms with E-state index in [1.807, 2.05) is 4.68 Å². The molecule has 2 spiro atoms. The van der Waals surface area contributed by atoms with E-state index in [-0.39, 0.29) is 23.4 Å². The molecule has 4 heterocycles. The highest BCUT2D eigenvalue weighted by molar-refractivity contribution is 6.34. The summed E-state index contributed by atoms with van der Waals surface area (Å²) in [4.78, 5) is 39.2. The number of nitrogens with zero attached hydrogens (tertiary/aromatic N) is 5. The third-order valence-electron chi connectivity index (χ3n) is 9.19. The molecular weight excluding hydrogens is 482 g/mol. The number of Topliss-reactive ketones (excluding diaryl/α,β-unsaturated/α-hetero) is 2. The molecule has 0 radical (unpaired) electrons. The van der Waals surface area contributed by atoms with E-state index >= 15 is 0 Å². The molecule has 6 rings (SSSR count). The van der Waals surface area contributed by atoms with Crippen LogP contribution in [0, 0.1) is 11.3 Å². The fourth-order valence-electron chi connectivity index (χ4n) is 7.32. The van der Waals surface area contributed by atoms with Crippen LogP contribution in [0.25, 0.3) is 11.0 Å². The topological polar surface area (TPSA) is 99.4 Å². The summed E-state index contributed by atoms with van der Waals surface area (Å²) in [5.41, 5.74) is -0.224. The number of likely N-dealkylation sites (N-methyl/N-ethyl adjacent to an activating group) is 1. The monoisotopic (exact) mass is 515 g/mol. The van der Waals surface area contributed by atoms with Gasteiger partial charge in [0.25, 0.3) is 0 Å². The molecule has 4 aliphatic rings. The van der Waals surface area contributed by atoms with Crippen molar-refractivity contribution in [2.75, 3.05) is 26.8 Å². The molecule has 0 bridgehead atoms. The fourth-order valence-corrected chi connectivity index (χ4v) is 7.53. The SMILES string of the molecule is C[C@@H]([C@@H]1CCCN1C)n1nc(Cl)c2cnc(C(=O)C3CCC[C@@]4(CCCCC45OCCO5)C3=O)nc21. The smallest absolute Gasteiger partial charge is 0.210 e. The van der Waals surface area contributed by atoms with Gasteiger partial charge in [-0.25, -0.2) is 14.6 Å². The molecule has 4 fully saturated rings. The molecule has 2 aromatic heterocycles. The zero-order valence-corrected chi connectivity index (χ0v) is 21.8. The lowest BCUT2D eigenvalue weighted by Crippen LogP contribution is -2.60. The largest absolute Gasteiger partial charge is 0.346 e. The van der Waals surface area contributed by atoms with E-state index in [0.29, 0.717) is 61.1 Å². The van der Waals surface area contributed by atoms with Crippen molar-refractivity contribution in [1.29, 1.82) is 0 Å². The second-order valence-electron chi connectivity index (χ2n) is 11.0. The van der Waals surface area contributed by atoms with Gasteiger partial charge in [0.15, 0.2) is 28.2 Å². The standard InChI is InChI=1S/C26H34ClN5O4/c1-16(19-8-6-12-31(19)2)32-24-18(22(27)30-32)15-28-23(29-24)20(33)17-7-5-10-25(21(17)34)9-3-4-11-26(25)35-13-14-36-26/h15-17,19H,3-14H2,1-2H3/t16-,17?,19-,25-/m0/s1. The number of likely N-dealkylation sites (tertiary alicyclic amines) is 1. The predicted molar refractivity (Wildman–Crippen MR) is 133 cm³/mol. The number of ether oxygens (including phenoxy) is 2. The Hall–Kier alpha value is -1.94. The molecule has 9 nitrogen and oxygen atoms in total. The summed E-state index contributed by atoms with van der Waals surface area (Å²) in [7, 11) is 2.12. The minimum atomic E-state index is -0.888. The average molecular weight is 516 g/mol. The van der Waals surface area contributed by atoms with Gasteiger partial charge in [-0.3, -0.25) is 9.59 Å². The minimum absolute atomic E-state index is 0.0312. The van der Waals surface area contributed by atoms with Crippen LogP contribution in [0.1, 0.15) is 81.4 Å². The maximum Gasteiger partial charge on any atom is 0.210 e. The van der Waals surface area contributed by atoms with Crippen LogP contribution in [0.2, 0.25) is 5.15 Å². The molecule has 0 amide bonds. The number of fused-ring (bicyclic) bond motifs is 2. The molecule has 2 saturated carbocycles. The van der Waals surface area contributed by atoms with Gasteiger partial charge in [0.2, 0.25) is 5.78 Å². The summed E-state index contributed by atoms with van der Waals surface area (Å²) in [6, 6.07) is 0.343. The van der Waals surface area contributed by atoms with Crippen LogP contribution in [0.4, 0.5) is 0 Å². The van der Waals surface area contributed by atoms with Crippen molar-refractivity contribution < 1.29 is 19.1 Å². The number of halogens is 1. The molecule has 4 atom stereocenters. The molecule has 36 heavy (non-hydrogen) atoms. The zero-order valence-electron chi connectivity index (χ0n) is 21.0. The van der Waals surface area contributed by atoms with E-state index < -0.39 is 17.1 Å². The first-order chi connectivity index (χ1) is 17.4. The average Bonchev–Trinajstić information content (AvgIpc) is 3.61. The molecule has 2 saturated heterocycles. The number of carbonyl (C=O) groups is 2. The molecular formula is C26H34ClN5O4. The molecule has 10 heteroatoms. The number of rotatable bonds is 4. The van der Waals surface area contributed by atoms with E-state index in [0.717, 1.165) is 38.6 Å². The van der Waals surface area contributed by atoms with E-state index in [1.54, 1.807) is 6.20 Å². The minimum Gasteiger partial charge on any atom is -0.346 e. The number of ketones is 2. The highest BCUT2D eigenvalue weighted by atomic mass is 35.5. The van der Waals surface area contributed by atoms with Crippen molar-refractivity contribution in [1.82, 2.24) is 24.6 Å². The van der Waals surface area contributed by atoms with Gasteiger partial charge in [-0.05, 0) is 59.0 Å². The van der Waals surface area contributed by atoms with Crippen molar-refractivity contribution in [3.05, 3.63) is 17.2 Å². The Morgan fingerprint density at radius 3 is 2.64 bits per heavy atom. The van der Waals surface area contributed by atoms with E-state index in [2.05, 4.69) is 33.9 Å². The van der Waals surface area contributed by atoms with Crippen LogP contribution in [0.5, 0.6) is 0 Å². The van der Waals surface area contributed by atoms with Gasteiger partial charge in [0.1, 0.15) is 0 Å². The Labute approximate surface area is 215 Å². The summed E-state index contributed by atoms with van der Waals surface area (Å²) in [5.74, 6) is -2.00. The fraction of sp³-hybridized carbons (Fsp3) is 0.731. The van der Waals surface area contributed by atoms with Crippen molar-refractivity contribution in [3.63, 3.8) is 0 Å². The summed E-state index contributed by atoms with van der Waals surface area (Å²) in [6.45, 7) is 4.14. The quantitative estimate of drug-likeness (QED) is 0.445. The first-order valence-electron chi connectivity index (χ1n) is 13.3. The van der Waals surface area contributed by atoms with E-state index in [9.17, 15) is 9.59 Å². The molecule has 0 aromatic carbocycles. The van der Waals surface area contributed by atoms with Crippen LogP contribution in [-0.2, 0) is 14.3 Å². The second kappa shape index (κ2) is 9.11. The Kier molecular flexibility index (Phi) is 6.18. The number of carbonyl (C=O) groups excluding carboxylic acids is 2. The van der Waals surface area contributed by atoms with Gasteiger partial charge in [0, 0.05) is 18.7 Å². The Bertz CT molecular complexity index is 1190. The van der Waals surface area contributed by atoms with Crippen LogP contribution < -0.4 is 0 Å². The van der Waals surface area contributed by atoms with Gasteiger partial charge in [-0.2, -0.15) is 5.10 Å². The summed E-state index contributed by atoms with van der Waals surface area (Å²) in [5, 5.41) is 5.49. The normalized spacial score (nSPS) is 31.6. The summed E-state index contributed by atoms with van der Waals surface area (Å²) < 4.78 is 14.1. The molecule has 2 aliphatic carbocycles. The van der Waals surface area contributed by atoms with Gasteiger partial charge in [-0.1, -0.05) is 24.4 Å². The Balaban J connectivity index is 1.33. The lowest BCUT2D eigenvalue weighted by molar-refractivity contribution is -0.255. The van der Waals surface area contributed by atoms with Gasteiger partial charge >= 0.3 is 0 Å². The molecule has 2 aliphatic heterocycles. The van der Waals surface area contributed by atoms with E-state index in [1.165, 1.54) is 0 Å². The van der Waals surface area contributed by atoms with Gasteiger partial charge in [0.05, 0.1) is 36.0 Å². The number of hydrogen-bond acceptors (Lipinski definition) is 8. The third-order valence-corrected chi connectivity index (χ3v) is 9.47. The molecule has 2 aromatic rings. The predicted octanol–water partition coefficient (Wildman–Crippen LogP) is 3.99. The molecule has 1 unspecified atom stereocenters. The van der Waals surface area contributed by atoms with Gasteiger partial charge < -0.3 is 14.4 Å².